The molecule has 0 bridgehead atoms. The van der Waals surface area contributed by atoms with Crippen LogP contribution in [0.4, 0.5) is 4.39 Å². The standard InChI is InChI=1S/C16H25BrFN/c1-3-4-5-6-7-8-9-16(19-2)13-10-11-15(18)14(17)12-13/h10-12,16,19H,3-9H2,1-2H3. The van der Waals surface area contributed by atoms with E-state index in [4.69, 9.17) is 0 Å². The molecule has 1 unspecified atom stereocenters. The second-order valence-corrected chi connectivity index (χ2v) is 5.93. The van der Waals surface area contributed by atoms with Gasteiger partial charge in [0.15, 0.2) is 0 Å². The van der Waals surface area contributed by atoms with Crippen molar-refractivity contribution < 1.29 is 4.39 Å². The zero-order valence-corrected chi connectivity index (χ0v) is 13.6. The summed E-state index contributed by atoms with van der Waals surface area (Å²) in [6.45, 7) is 2.24. The third-order valence-corrected chi connectivity index (χ3v) is 4.15. The molecule has 1 aromatic carbocycles. The Morgan fingerprint density at radius 3 is 2.47 bits per heavy atom. The van der Waals surface area contributed by atoms with Gasteiger partial charge in [0.2, 0.25) is 0 Å². The van der Waals surface area contributed by atoms with E-state index in [9.17, 15) is 4.39 Å². The lowest BCUT2D eigenvalue weighted by atomic mass is 10.00. The highest BCUT2D eigenvalue weighted by Gasteiger charge is 2.10. The van der Waals surface area contributed by atoms with E-state index in [2.05, 4.69) is 28.2 Å². The van der Waals surface area contributed by atoms with Crippen LogP contribution in [0.1, 0.15) is 63.5 Å². The number of unbranched alkanes of at least 4 members (excludes halogenated alkanes) is 5. The van der Waals surface area contributed by atoms with Gasteiger partial charge < -0.3 is 5.32 Å². The molecule has 0 saturated carbocycles. The van der Waals surface area contributed by atoms with E-state index in [0.29, 0.717) is 10.5 Å². The summed E-state index contributed by atoms with van der Waals surface area (Å²) in [6.07, 6.45) is 8.95. The molecule has 1 rings (SSSR count). The van der Waals surface area contributed by atoms with Crippen molar-refractivity contribution in [1.82, 2.24) is 5.32 Å². The maximum absolute atomic E-state index is 13.2. The summed E-state index contributed by atoms with van der Waals surface area (Å²) in [5, 5.41) is 3.32. The van der Waals surface area contributed by atoms with Gasteiger partial charge in [-0.15, -0.1) is 0 Å². The van der Waals surface area contributed by atoms with E-state index in [1.54, 1.807) is 0 Å². The van der Waals surface area contributed by atoms with Gasteiger partial charge in [0.1, 0.15) is 5.82 Å². The zero-order valence-electron chi connectivity index (χ0n) is 12.0. The van der Waals surface area contributed by atoms with Crippen LogP contribution in [0.2, 0.25) is 0 Å². The Bertz CT molecular complexity index is 368. The molecule has 0 amide bonds. The molecule has 1 N–H and O–H groups in total. The van der Waals surface area contributed by atoms with Gasteiger partial charge in [-0.05, 0) is 47.1 Å². The van der Waals surface area contributed by atoms with E-state index < -0.39 is 0 Å². The molecule has 0 fully saturated rings. The van der Waals surface area contributed by atoms with Crippen molar-refractivity contribution in [3.05, 3.63) is 34.1 Å². The number of hydrogen-bond donors (Lipinski definition) is 1. The van der Waals surface area contributed by atoms with Crippen LogP contribution in [0.3, 0.4) is 0 Å². The number of hydrogen-bond acceptors (Lipinski definition) is 1. The van der Waals surface area contributed by atoms with Crippen molar-refractivity contribution in [1.29, 1.82) is 0 Å². The molecule has 0 radical (unpaired) electrons. The molecule has 0 heterocycles. The van der Waals surface area contributed by atoms with Gasteiger partial charge in [-0.2, -0.15) is 0 Å². The third-order valence-electron chi connectivity index (χ3n) is 3.54. The first-order valence-corrected chi connectivity index (χ1v) is 8.10. The Hall–Kier alpha value is -0.410. The van der Waals surface area contributed by atoms with Gasteiger partial charge >= 0.3 is 0 Å². The second-order valence-electron chi connectivity index (χ2n) is 5.07. The van der Waals surface area contributed by atoms with Crippen LogP contribution < -0.4 is 5.32 Å². The number of rotatable bonds is 9. The van der Waals surface area contributed by atoms with Crippen LogP contribution >= 0.6 is 15.9 Å². The minimum Gasteiger partial charge on any atom is -0.313 e. The maximum Gasteiger partial charge on any atom is 0.137 e. The molecule has 0 aliphatic carbocycles. The molecule has 3 heteroatoms. The smallest absolute Gasteiger partial charge is 0.137 e. The Balaban J connectivity index is 2.38. The lowest BCUT2D eigenvalue weighted by Crippen LogP contribution is -2.16. The van der Waals surface area contributed by atoms with E-state index in [1.165, 1.54) is 44.6 Å². The summed E-state index contributed by atoms with van der Waals surface area (Å²) in [5.41, 5.74) is 1.16. The fourth-order valence-electron chi connectivity index (χ4n) is 2.34. The van der Waals surface area contributed by atoms with Gasteiger partial charge in [0.25, 0.3) is 0 Å². The highest BCUT2D eigenvalue weighted by molar-refractivity contribution is 9.10. The Labute approximate surface area is 125 Å². The molecule has 0 spiro atoms. The first-order chi connectivity index (χ1) is 9.19. The molecule has 0 aliphatic heterocycles. The average molecular weight is 330 g/mol. The van der Waals surface area contributed by atoms with Crippen molar-refractivity contribution in [2.75, 3.05) is 7.05 Å². The minimum absolute atomic E-state index is 0.196. The van der Waals surface area contributed by atoms with Crippen molar-refractivity contribution in [3.8, 4) is 0 Å². The highest BCUT2D eigenvalue weighted by Crippen LogP contribution is 2.24. The van der Waals surface area contributed by atoms with Gasteiger partial charge in [-0.3, -0.25) is 0 Å². The van der Waals surface area contributed by atoms with Crippen molar-refractivity contribution in [3.63, 3.8) is 0 Å². The number of benzene rings is 1. The fraction of sp³-hybridized carbons (Fsp3) is 0.625. The molecule has 1 nitrogen and oxygen atoms in total. The van der Waals surface area contributed by atoms with Crippen LogP contribution in [0.25, 0.3) is 0 Å². The normalized spacial score (nSPS) is 12.6. The lowest BCUT2D eigenvalue weighted by molar-refractivity contribution is 0.496. The zero-order chi connectivity index (χ0) is 14.1. The van der Waals surface area contributed by atoms with E-state index in [1.807, 2.05) is 19.2 Å². The van der Waals surface area contributed by atoms with Gasteiger partial charge in [0.05, 0.1) is 4.47 Å². The first-order valence-electron chi connectivity index (χ1n) is 7.31. The third kappa shape index (κ3) is 6.05. The predicted molar refractivity (Wildman–Crippen MR) is 83.9 cm³/mol. The fourth-order valence-corrected chi connectivity index (χ4v) is 2.73. The van der Waals surface area contributed by atoms with Crippen LogP contribution in [-0.4, -0.2) is 7.05 Å². The lowest BCUT2D eigenvalue weighted by Gasteiger charge is -2.17. The SMILES string of the molecule is CCCCCCCCC(NC)c1ccc(F)c(Br)c1. The molecule has 1 atom stereocenters. The van der Waals surface area contributed by atoms with E-state index >= 15 is 0 Å². The molecule has 0 saturated heterocycles. The molecular formula is C16H25BrFN. The van der Waals surface area contributed by atoms with Crippen molar-refractivity contribution in [2.24, 2.45) is 0 Å². The van der Waals surface area contributed by atoms with E-state index in [0.717, 1.165) is 12.0 Å². The quantitative estimate of drug-likeness (QED) is 0.581. The summed E-state index contributed by atoms with van der Waals surface area (Å²) in [7, 11) is 1.97. The Morgan fingerprint density at radius 1 is 1.16 bits per heavy atom. The summed E-state index contributed by atoms with van der Waals surface area (Å²) in [5.74, 6) is -0.196. The van der Waals surface area contributed by atoms with Crippen LogP contribution in [0.5, 0.6) is 0 Å². The summed E-state index contributed by atoms with van der Waals surface area (Å²) in [6, 6.07) is 5.61. The van der Waals surface area contributed by atoms with Crippen LogP contribution in [0, 0.1) is 5.82 Å². The van der Waals surface area contributed by atoms with Crippen molar-refractivity contribution >= 4 is 15.9 Å². The van der Waals surface area contributed by atoms with Crippen LogP contribution in [0.15, 0.2) is 22.7 Å². The topological polar surface area (TPSA) is 12.0 Å². The highest BCUT2D eigenvalue weighted by atomic mass is 79.9. The van der Waals surface area contributed by atoms with Crippen molar-refractivity contribution in [2.45, 2.75) is 57.9 Å². The molecular weight excluding hydrogens is 305 g/mol. The number of nitrogens with one attached hydrogen (secondary N) is 1. The average Bonchev–Trinajstić information content (AvgIpc) is 2.41. The molecule has 0 aromatic heterocycles. The molecule has 19 heavy (non-hydrogen) atoms. The largest absolute Gasteiger partial charge is 0.313 e. The van der Waals surface area contributed by atoms with Gasteiger partial charge in [0, 0.05) is 6.04 Å². The molecule has 1 aromatic rings. The predicted octanol–water partition coefficient (Wildman–Crippen LogP) is 5.60. The van der Waals surface area contributed by atoms with Gasteiger partial charge in [-0.25, -0.2) is 4.39 Å². The summed E-state index contributed by atoms with van der Waals surface area (Å²) >= 11 is 3.25. The number of halogens is 2. The minimum atomic E-state index is -0.196. The van der Waals surface area contributed by atoms with E-state index in [-0.39, 0.29) is 5.82 Å². The summed E-state index contributed by atoms with van der Waals surface area (Å²) < 4.78 is 13.8. The summed E-state index contributed by atoms with van der Waals surface area (Å²) in [4.78, 5) is 0. The molecule has 0 aliphatic rings. The first kappa shape index (κ1) is 16.6. The Morgan fingerprint density at radius 2 is 1.84 bits per heavy atom. The Kier molecular flexibility index (Phi) is 8.31. The second kappa shape index (κ2) is 9.49. The van der Waals surface area contributed by atoms with Crippen LogP contribution in [-0.2, 0) is 0 Å². The molecule has 108 valence electrons. The monoisotopic (exact) mass is 329 g/mol. The van der Waals surface area contributed by atoms with Gasteiger partial charge in [-0.1, -0.05) is 51.5 Å². The maximum atomic E-state index is 13.2.